The van der Waals surface area contributed by atoms with Gasteiger partial charge in [-0.2, -0.15) is 0 Å². The Hall–Kier alpha value is -5.21. The van der Waals surface area contributed by atoms with Gasteiger partial charge < -0.3 is 9.97 Å². The van der Waals surface area contributed by atoms with Crippen LogP contribution in [0, 0.1) is 12.1 Å². The van der Waals surface area contributed by atoms with Crippen LogP contribution in [-0.4, -0.2) is 9.97 Å². The van der Waals surface area contributed by atoms with Crippen molar-refractivity contribution in [1.29, 1.82) is 0 Å². The summed E-state index contributed by atoms with van der Waals surface area (Å²) >= 11 is 0. The van der Waals surface area contributed by atoms with Gasteiger partial charge in [-0.1, -0.05) is 117 Å². The molecule has 0 saturated heterocycles. The first-order valence-electron chi connectivity index (χ1n) is 16.0. The zero-order valence-electron chi connectivity index (χ0n) is 26.9. The summed E-state index contributed by atoms with van der Waals surface area (Å²) in [5, 5.41) is 4.89. The molecule has 0 fully saturated rings. The van der Waals surface area contributed by atoms with E-state index in [1.807, 2.05) is 48.7 Å². The molecule has 3 heteroatoms. The third-order valence-electron chi connectivity index (χ3n) is 8.41. The summed E-state index contributed by atoms with van der Waals surface area (Å²) in [5.74, 6) is 0.369. The molecule has 0 amide bonds. The Labute approximate surface area is 296 Å². The normalized spacial score (nSPS) is 10.7. The topological polar surface area (TPSA) is 25.8 Å². The molecule has 0 aliphatic rings. The Morgan fingerprint density at radius 3 is 1.94 bits per heavy atom. The summed E-state index contributed by atoms with van der Waals surface area (Å²) in [6.07, 6.45) is 3.71. The van der Waals surface area contributed by atoms with Crippen LogP contribution in [0.2, 0.25) is 0 Å². The molecular formula is C45H34IrN2-2. The summed E-state index contributed by atoms with van der Waals surface area (Å²) in [5.41, 5.74) is 10.1. The van der Waals surface area contributed by atoms with Gasteiger partial charge in [0, 0.05) is 32.5 Å². The van der Waals surface area contributed by atoms with Crippen LogP contribution in [-0.2, 0) is 20.1 Å². The molecule has 48 heavy (non-hydrogen) atoms. The summed E-state index contributed by atoms with van der Waals surface area (Å²) in [6.45, 7) is 4.45. The van der Waals surface area contributed by atoms with Crippen molar-refractivity contribution in [3.8, 4) is 44.8 Å². The number of rotatable bonds is 5. The van der Waals surface area contributed by atoms with Crippen molar-refractivity contribution in [2.45, 2.75) is 19.8 Å². The molecule has 8 rings (SSSR count). The van der Waals surface area contributed by atoms with Gasteiger partial charge in [-0.25, -0.2) is 0 Å². The summed E-state index contributed by atoms with van der Waals surface area (Å²) in [6, 6.07) is 59.4. The number of fused-ring (bicyclic) bond motifs is 3. The maximum atomic E-state index is 4.84. The van der Waals surface area contributed by atoms with E-state index in [9.17, 15) is 0 Å². The van der Waals surface area contributed by atoms with Crippen LogP contribution >= 0.6 is 0 Å². The minimum absolute atomic E-state index is 0. The minimum atomic E-state index is 0. The largest absolute Gasteiger partial charge is 0.305 e. The number of pyridine rings is 2. The molecule has 2 aromatic heterocycles. The molecule has 0 atom stereocenters. The van der Waals surface area contributed by atoms with E-state index in [-0.39, 0.29) is 20.1 Å². The zero-order valence-corrected chi connectivity index (χ0v) is 29.3. The molecule has 8 aromatic rings. The van der Waals surface area contributed by atoms with Crippen molar-refractivity contribution in [3.05, 3.63) is 182 Å². The number of hydrogen-bond acceptors (Lipinski definition) is 2. The number of hydrogen-bond donors (Lipinski definition) is 0. The van der Waals surface area contributed by atoms with E-state index in [1.165, 1.54) is 44.0 Å². The number of benzene rings is 6. The molecular weight excluding hydrogens is 761 g/mol. The van der Waals surface area contributed by atoms with Gasteiger partial charge in [0.2, 0.25) is 0 Å². The number of aromatic nitrogens is 2. The van der Waals surface area contributed by atoms with E-state index >= 15 is 0 Å². The predicted molar refractivity (Wildman–Crippen MR) is 197 cm³/mol. The third-order valence-corrected chi connectivity index (χ3v) is 8.41. The Morgan fingerprint density at radius 2 is 1.21 bits per heavy atom. The summed E-state index contributed by atoms with van der Waals surface area (Å²) < 4.78 is 0. The average Bonchev–Trinajstić information content (AvgIpc) is 3.15. The van der Waals surface area contributed by atoms with Crippen LogP contribution in [0.5, 0.6) is 0 Å². The zero-order chi connectivity index (χ0) is 32.0. The Morgan fingerprint density at radius 1 is 0.500 bits per heavy atom. The molecule has 0 spiro atoms. The third kappa shape index (κ3) is 7.19. The van der Waals surface area contributed by atoms with Crippen molar-refractivity contribution in [2.75, 3.05) is 0 Å². The average molecular weight is 795 g/mol. The summed E-state index contributed by atoms with van der Waals surface area (Å²) in [7, 11) is 0. The van der Waals surface area contributed by atoms with E-state index in [1.54, 1.807) is 6.20 Å². The van der Waals surface area contributed by atoms with E-state index in [0.29, 0.717) is 5.92 Å². The SMILES string of the molecule is CC(C)c1[c-]c(-c2nccc3c2ccc2ccccc23)cc(-c2ccc(-c3ccccc3)cc2)c1.[Ir].[c-]1ccccc1-c1ccccn1. The Kier molecular flexibility index (Phi) is 10.3. The van der Waals surface area contributed by atoms with Crippen LogP contribution in [0.15, 0.2) is 164 Å². The molecule has 0 N–H and O–H groups in total. The second kappa shape index (κ2) is 15.1. The van der Waals surface area contributed by atoms with Gasteiger partial charge in [-0.3, -0.25) is 0 Å². The van der Waals surface area contributed by atoms with Crippen LogP contribution < -0.4 is 0 Å². The first kappa shape index (κ1) is 32.7. The van der Waals surface area contributed by atoms with Crippen molar-refractivity contribution in [1.82, 2.24) is 9.97 Å². The fraction of sp³-hybridized carbons (Fsp3) is 0.0667. The van der Waals surface area contributed by atoms with Gasteiger partial charge in [-0.15, -0.1) is 70.8 Å². The van der Waals surface area contributed by atoms with E-state index < -0.39 is 0 Å². The Balaban J connectivity index is 0.000000260. The molecule has 6 aromatic carbocycles. The maximum Gasteiger partial charge on any atom is 0.0167 e. The van der Waals surface area contributed by atoms with E-state index in [4.69, 9.17) is 4.98 Å². The van der Waals surface area contributed by atoms with Crippen LogP contribution in [0.25, 0.3) is 66.3 Å². The minimum Gasteiger partial charge on any atom is -0.305 e. The molecule has 235 valence electrons. The van der Waals surface area contributed by atoms with Gasteiger partial charge in [-0.05, 0) is 67.7 Å². The fourth-order valence-corrected chi connectivity index (χ4v) is 5.91. The first-order valence-corrected chi connectivity index (χ1v) is 16.0. The molecule has 0 aliphatic heterocycles. The quantitative estimate of drug-likeness (QED) is 0.128. The first-order chi connectivity index (χ1) is 23.1. The molecule has 0 unspecified atom stereocenters. The maximum absolute atomic E-state index is 4.84. The molecule has 2 nitrogen and oxygen atoms in total. The van der Waals surface area contributed by atoms with Gasteiger partial charge in [0.05, 0.1) is 0 Å². The smallest absolute Gasteiger partial charge is 0.0167 e. The van der Waals surface area contributed by atoms with E-state index in [0.717, 1.165) is 27.9 Å². The van der Waals surface area contributed by atoms with Gasteiger partial charge in [0.15, 0.2) is 0 Å². The number of nitrogens with zero attached hydrogens (tertiary/aromatic N) is 2. The Bertz CT molecular complexity index is 2210. The molecule has 0 aliphatic carbocycles. The summed E-state index contributed by atoms with van der Waals surface area (Å²) in [4.78, 5) is 9.06. The van der Waals surface area contributed by atoms with Gasteiger partial charge >= 0.3 is 0 Å². The van der Waals surface area contributed by atoms with Crippen molar-refractivity contribution in [2.24, 2.45) is 0 Å². The fourth-order valence-electron chi connectivity index (χ4n) is 5.91. The van der Waals surface area contributed by atoms with Crippen LogP contribution in [0.3, 0.4) is 0 Å². The second-order valence-electron chi connectivity index (χ2n) is 11.9. The van der Waals surface area contributed by atoms with Crippen LogP contribution in [0.1, 0.15) is 25.3 Å². The monoisotopic (exact) mass is 795 g/mol. The standard InChI is InChI=1S/C34H26N.C11H8N.Ir/c1-23(2)28-20-29(26-14-12-25(13-15-26)24-8-4-3-5-9-24)22-30(21-28)34-33-17-16-27-10-6-7-11-31(27)32(33)18-19-35-34;1-2-6-10(7-3-1)11-8-4-5-9-12-11;/h3-20,22-23H,1-2H3;1-6,8-9H;/q2*-1;. The molecule has 1 radical (unpaired) electrons. The second-order valence-corrected chi connectivity index (χ2v) is 11.9. The van der Waals surface area contributed by atoms with Gasteiger partial charge in [0.1, 0.15) is 0 Å². The molecule has 0 saturated carbocycles. The predicted octanol–water partition coefficient (Wildman–Crippen LogP) is 11.9. The van der Waals surface area contributed by atoms with Crippen molar-refractivity contribution in [3.63, 3.8) is 0 Å². The molecule has 0 bridgehead atoms. The van der Waals surface area contributed by atoms with Crippen LogP contribution in [0.4, 0.5) is 0 Å². The van der Waals surface area contributed by atoms with E-state index in [2.05, 4.69) is 140 Å². The van der Waals surface area contributed by atoms with Gasteiger partial charge in [0.25, 0.3) is 0 Å². The molecule has 2 heterocycles. The van der Waals surface area contributed by atoms with Crippen molar-refractivity contribution >= 4 is 21.5 Å². The van der Waals surface area contributed by atoms with Crippen molar-refractivity contribution < 1.29 is 20.1 Å².